The van der Waals surface area contributed by atoms with Gasteiger partial charge in [0, 0.05) is 18.7 Å². The molecule has 2 amide bonds. The molecule has 3 aromatic rings. The Labute approximate surface area is 145 Å². The fourth-order valence-electron chi connectivity index (χ4n) is 3.16. The first-order valence-corrected chi connectivity index (χ1v) is 8.15. The number of hydrogen-bond acceptors (Lipinski definition) is 3. The molecule has 0 spiro atoms. The maximum absolute atomic E-state index is 12.3. The number of aliphatic hydroxyl groups excluding tert-OH is 1. The zero-order valence-corrected chi connectivity index (χ0v) is 13.5. The zero-order valence-electron chi connectivity index (χ0n) is 13.5. The number of benzene rings is 2. The predicted octanol–water partition coefficient (Wildman–Crippen LogP) is 2.65. The molecule has 6 nitrogen and oxygen atoms in total. The molecule has 1 aliphatic carbocycles. The number of amides is 2. The Balaban J connectivity index is 1.44. The summed E-state index contributed by atoms with van der Waals surface area (Å²) in [6.07, 6.45) is 1.71. The molecule has 1 aliphatic rings. The number of rotatable bonds is 3. The van der Waals surface area contributed by atoms with Crippen LogP contribution in [0.2, 0.25) is 0 Å². The summed E-state index contributed by atoms with van der Waals surface area (Å²) in [4.78, 5) is 12.3. The van der Waals surface area contributed by atoms with Gasteiger partial charge in [-0.15, -0.1) is 5.10 Å². The number of anilines is 1. The first kappa shape index (κ1) is 15.4. The van der Waals surface area contributed by atoms with Crippen molar-refractivity contribution in [2.24, 2.45) is 0 Å². The topological polar surface area (TPSA) is 79.2 Å². The number of para-hydroxylation sites is 1. The standard InChI is InChI=1S/C19H18N4O2/c24-16-12-13-6-4-5-9-15(13)18(16)21-19(25)20-17-10-11-23(22-17)14-7-2-1-3-8-14/h1-11,16,18,24H,12H2,(H2,20,21,22,25)/t16-,18+/m0/s1. The summed E-state index contributed by atoms with van der Waals surface area (Å²) in [5.74, 6) is 0.446. The van der Waals surface area contributed by atoms with Crippen LogP contribution in [0.4, 0.5) is 10.6 Å². The van der Waals surface area contributed by atoms with E-state index in [9.17, 15) is 9.90 Å². The molecule has 25 heavy (non-hydrogen) atoms. The number of carbonyl (C=O) groups excluding carboxylic acids is 1. The normalized spacial score (nSPS) is 18.6. The van der Waals surface area contributed by atoms with E-state index in [-0.39, 0.29) is 6.03 Å². The average Bonchev–Trinajstić information content (AvgIpc) is 3.21. The molecule has 0 saturated heterocycles. The second kappa shape index (κ2) is 6.41. The highest BCUT2D eigenvalue weighted by atomic mass is 16.3. The average molecular weight is 334 g/mol. The molecule has 2 aromatic carbocycles. The second-order valence-electron chi connectivity index (χ2n) is 6.03. The minimum Gasteiger partial charge on any atom is -0.390 e. The summed E-state index contributed by atoms with van der Waals surface area (Å²) in [5.41, 5.74) is 2.93. The van der Waals surface area contributed by atoms with E-state index in [0.717, 1.165) is 16.8 Å². The van der Waals surface area contributed by atoms with E-state index in [4.69, 9.17) is 0 Å². The van der Waals surface area contributed by atoms with Crippen molar-refractivity contribution in [1.82, 2.24) is 15.1 Å². The molecular formula is C19H18N4O2. The van der Waals surface area contributed by atoms with Gasteiger partial charge >= 0.3 is 6.03 Å². The Kier molecular flexibility index (Phi) is 3.95. The van der Waals surface area contributed by atoms with Gasteiger partial charge in [0.05, 0.1) is 17.8 Å². The number of nitrogens with one attached hydrogen (secondary N) is 2. The SMILES string of the molecule is O=C(Nc1ccn(-c2ccccc2)n1)N[C@@H]1c2ccccc2C[C@@H]1O. The Morgan fingerprint density at radius 2 is 1.84 bits per heavy atom. The Hall–Kier alpha value is -3.12. The summed E-state index contributed by atoms with van der Waals surface area (Å²) in [6, 6.07) is 18.3. The Morgan fingerprint density at radius 1 is 1.08 bits per heavy atom. The van der Waals surface area contributed by atoms with Crippen molar-refractivity contribution in [2.45, 2.75) is 18.6 Å². The van der Waals surface area contributed by atoms with Crippen LogP contribution < -0.4 is 10.6 Å². The summed E-state index contributed by atoms with van der Waals surface area (Å²) in [5, 5.41) is 20.1. The van der Waals surface area contributed by atoms with Gasteiger partial charge in [-0.1, -0.05) is 42.5 Å². The van der Waals surface area contributed by atoms with Gasteiger partial charge in [-0.25, -0.2) is 9.48 Å². The molecule has 4 rings (SSSR count). The van der Waals surface area contributed by atoms with E-state index in [1.54, 1.807) is 16.9 Å². The van der Waals surface area contributed by atoms with Crippen LogP contribution in [0.3, 0.4) is 0 Å². The lowest BCUT2D eigenvalue weighted by Crippen LogP contribution is -2.36. The van der Waals surface area contributed by atoms with Gasteiger partial charge in [0.15, 0.2) is 5.82 Å². The van der Waals surface area contributed by atoms with E-state index >= 15 is 0 Å². The number of aromatic nitrogens is 2. The van der Waals surface area contributed by atoms with E-state index in [0.29, 0.717) is 12.2 Å². The fraction of sp³-hybridized carbons (Fsp3) is 0.158. The zero-order chi connectivity index (χ0) is 17.2. The molecule has 0 unspecified atom stereocenters. The molecule has 0 bridgehead atoms. The van der Waals surface area contributed by atoms with Gasteiger partial charge in [-0.2, -0.15) is 0 Å². The Morgan fingerprint density at radius 3 is 2.68 bits per heavy atom. The summed E-state index contributed by atoms with van der Waals surface area (Å²) in [7, 11) is 0. The lowest BCUT2D eigenvalue weighted by molar-refractivity contribution is 0.144. The quantitative estimate of drug-likeness (QED) is 0.689. The number of fused-ring (bicyclic) bond motifs is 1. The highest BCUT2D eigenvalue weighted by Crippen LogP contribution is 2.31. The molecule has 0 saturated carbocycles. The molecule has 6 heteroatoms. The number of nitrogens with zero attached hydrogens (tertiary/aromatic N) is 2. The first-order valence-electron chi connectivity index (χ1n) is 8.15. The van der Waals surface area contributed by atoms with Crippen molar-refractivity contribution in [3.05, 3.63) is 78.0 Å². The van der Waals surface area contributed by atoms with Gasteiger partial charge in [-0.05, 0) is 23.3 Å². The van der Waals surface area contributed by atoms with Crippen molar-refractivity contribution >= 4 is 11.8 Å². The van der Waals surface area contributed by atoms with Gasteiger partial charge in [0.25, 0.3) is 0 Å². The third-order valence-corrected chi connectivity index (χ3v) is 4.34. The number of aliphatic hydroxyl groups is 1. The third kappa shape index (κ3) is 3.12. The van der Waals surface area contributed by atoms with Gasteiger partial charge in [-0.3, -0.25) is 5.32 Å². The van der Waals surface area contributed by atoms with E-state index < -0.39 is 12.1 Å². The highest BCUT2D eigenvalue weighted by Gasteiger charge is 2.31. The van der Waals surface area contributed by atoms with Crippen molar-refractivity contribution in [3.8, 4) is 5.69 Å². The molecule has 1 aromatic heterocycles. The van der Waals surface area contributed by atoms with Crippen molar-refractivity contribution in [2.75, 3.05) is 5.32 Å². The number of hydrogen-bond donors (Lipinski definition) is 3. The minimum atomic E-state index is -0.620. The van der Waals surface area contributed by atoms with Crippen LogP contribution in [-0.4, -0.2) is 27.0 Å². The van der Waals surface area contributed by atoms with Crippen molar-refractivity contribution in [3.63, 3.8) is 0 Å². The first-order chi connectivity index (χ1) is 12.2. The molecule has 0 fully saturated rings. The highest BCUT2D eigenvalue weighted by molar-refractivity contribution is 5.88. The maximum Gasteiger partial charge on any atom is 0.321 e. The van der Waals surface area contributed by atoms with Crippen molar-refractivity contribution in [1.29, 1.82) is 0 Å². The minimum absolute atomic E-state index is 0.390. The monoisotopic (exact) mass is 334 g/mol. The smallest absolute Gasteiger partial charge is 0.321 e. The van der Waals surface area contributed by atoms with E-state index in [1.165, 1.54) is 0 Å². The van der Waals surface area contributed by atoms with Gasteiger partial charge in [0.1, 0.15) is 0 Å². The van der Waals surface area contributed by atoms with Crippen LogP contribution in [0.25, 0.3) is 5.69 Å². The maximum atomic E-state index is 12.3. The van der Waals surface area contributed by atoms with Crippen LogP contribution in [0, 0.1) is 0 Å². The number of carbonyl (C=O) groups is 1. The second-order valence-corrected chi connectivity index (χ2v) is 6.03. The van der Waals surface area contributed by atoms with Gasteiger partial charge < -0.3 is 10.4 Å². The summed E-state index contributed by atoms with van der Waals surface area (Å²) < 4.78 is 1.69. The summed E-state index contributed by atoms with van der Waals surface area (Å²) in [6.45, 7) is 0. The summed E-state index contributed by atoms with van der Waals surface area (Å²) >= 11 is 0. The largest absolute Gasteiger partial charge is 0.390 e. The Bertz CT molecular complexity index is 891. The van der Waals surface area contributed by atoms with Crippen LogP contribution in [0.5, 0.6) is 0 Å². The van der Waals surface area contributed by atoms with Crippen molar-refractivity contribution < 1.29 is 9.90 Å². The molecule has 0 aliphatic heterocycles. The lowest BCUT2D eigenvalue weighted by atomic mass is 10.1. The van der Waals surface area contributed by atoms with E-state index in [2.05, 4.69) is 15.7 Å². The van der Waals surface area contributed by atoms with Gasteiger partial charge in [0.2, 0.25) is 0 Å². The molecule has 0 radical (unpaired) electrons. The van der Waals surface area contributed by atoms with E-state index in [1.807, 2.05) is 54.6 Å². The molecule has 3 N–H and O–H groups in total. The lowest BCUT2D eigenvalue weighted by Gasteiger charge is -2.17. The fourth-order valence-corrected chi connectivity index (χ4v) is 3.16. The van der Waals surface area contributed by atoms with Crippen LogP contribution in [0.15, 0.2) is 66.9 Å². The third-order valence-electron chi connectivity index (χ3n) is 4.34. The van der Waals surface area contributed by atoms with Crippen LogP contribution in [-0.2, 0) is 6.42 Å². The number of urea groups is 1. The van der Waals surface area contributed by atoms with Crippen LogP contribution in [0.1, 0.15) is 17.2 Å². The molecule has 2 atom stereocenters. The molecule has 126 valence electrons. The molecular weight excluding hydrogens is 316 g/mol. The predicted molar refractivity (Wildman–Crippen MR) is 94.6 cm³/mol. The molecule has 1 heterocycles. The van der Waals surface area contributed by atoms with Crippen LogP contribution >= 0.6 is 0 Å².